The predicted molar refractivity (Wildman–Crippen MR) is 72.0 cm³/mol. The molecule has 0 saturated heterocycles. The minimum absolute atomic E-state index is 0.392. The number of nitriles is 1. The van der Waals surface area contributed by atoms with Gasteiger partial charge >= 0.3 is 5.97 Å². The zero-order chi connectivity index (χ0) is 13.8. The molecule has 2 aromatic carbocycles. The lowest BCUT2D eigenvalue weighted by molar-refractivity contribution is 0.0734. The SMILES string of the molecule is Cc1cc(C)cc(C(=O)Oc2ccc(C#N)cc2)c1. The Labute approximate surface area is 112 Å². The molecule has 0 aliphatic carbocycles. The van der Waals surface area contributed by atoms with Crippen molar-refractivity contribution in [3.05, 3.63) is 64.7 Å². The van der Waals surface area contributed by atoms with Crippen molar-refractivity contribution >= 4 is 5.97 Å². The first-order valence-corrected chi connectivity index (χ1v) is 5.89. The van der Waals surface area contributed by atoms with Gasteiger partial charge in [-0.05, 0) is 50.2 Å². The maximum absolute atomic E-state index is 12.0. The Kier molecular flexibility index (Phi) is 3.63. The largest absolute Gasteiger partial charge is 0.423 e. The molecule has 3 heteroatoms. The standard InChI is InChI=1S/C16H13NO2/c1-11-7-12(2)9-14(8-11)16(18)19-15-5-3-13(10-17)4-6-15/h3-9H,1-2H3. The van der Waals surface area contributed by atoms with Crippen LogP contribution in [0.1, 0.15) is 27.0 Å². The molecule has 0 heterocycles. The van der Waals surface area contributed by atoms with Gasteiger partial charge in [-0.2, -0.15) is 5.26 Å². The van der Waals surface area contributed by atoms with E-state index in [-0.39, 0.29) is 0 Å². The van der Waals surface area contributed by atoms with Crippen molar-refractivity contribution in [2.24, 2.45) is 0 Å². The monoisotopic (exact) mass is 251 g/mol. The van der Waals surface area contributed by atoms with Crippen LogP contribution in [-0.2, 0) is 0 Å². The third-order valence-corrected chi connectivity index (χ3v) is 2.65. The number of rotatable bonds is 2. The Bertz CT molecular complexity index is 631. The molecule has 0 radical (unpaired) electrons. The van der Waals surface area contributed by atoms with Crippen molar-refractivity contribution in [3.63, 3.8) is 0 Å². The zero-order valence-corrected chi connectivity index (χ0v) is 10.8. The first-order valence-electron chi connectivity index (χ1n) is 5.89. The van der Waals surface area contributed by atoms with E-state index in [4.69, 9.17) is 10.00 Å². The highest BCUT2D eigenvalue weighted by Crippen LogP contribution is 2.15. The smallest absolute Gasteiger partial charge is 0.343 e. The number of carbonyl (C=O) groups is 1. The second-order valence-corrected chi connectivity index (χ2v) is 4.40. The summed E-state index contributed by atoms with van der Waals surface area (Å²) >= 11 is 0. The van der Waals surface area contributed by atoms with Gasteiger partial charge in [0.15, 0.2) is 0 Å². The van der Waals surface area contributed by atoms with Crippen LogP contribution in [0, 0.1) is 25.2 Å². The average Bonchev–Trinajstić information content (AvgIpc) is 2.38. The number of esters is 1. The molecule has 0 aromatic heterocycles. The first kappa shape index (κ1) is 12.8. The van der Waals surface area contributed by atoms with Gasteiger partial charge in [-0.1, -0.05) is 17.2 Å². The van der Waals surface area contributed by atoms with Gasteiger partial charge in [0, 0.05) is 0 Å². The molecule has 0 bridgehead atoms. The maximum atomic E-state index is 12.0. The zero-order valence-electron chi connectivity index (χ0n) is 10.8. The van der Waals surface area contributed by atoms with Crippen LogP contribution in [0.15, 0.2) is 42.5 Å². The third kappa shape index (κ3) is 3.20. The molecule has 0 fully saturated rings. The molecule has 2 aromatic rings. The Morgan fingerprint density at radius 2 is 1.63 bits per heavy atom. The highest BCUT2D eigenvalue weighted by atomic mass is 16.5. The fourth-order valence-electron chi connectivity index (χ4n) is 1.86. The topological polar surface area (TPSA) is 50.1 Å². The molecule has 94 valence electrons. The Morgan fingerprint density at radius 1 is 1.05 bits per heavy atom. The highest BCUT2D eigenvalue weighted by molar-refractivity contribution is 5.91. The summed E-state index contributed by atoms with van der Waals surface area (Å²) in [5, 5.41) is 8.69. The third-order valence-electron chi connectivity index (χ3n) is 2.65. The highest BCUT2D eigenvalue weighted by Gasteiger charge is 2.09. The normalized spacial score (nSPS) is 9.74. The van der Waals surface area contributed by atoms with Crippen molar-refractivity contribution in [1.82, 2.24) is 0 Å². The van der Waals surface area contributed by atoms with Gasteiger partial charge in [-0.3, -0.25) is 0 Å². The number of aryl methyl sites for hydroxylation is 2. The Morgan fingerprint density at radius 3 is 2.16 bits per heavy atom. The summed E-state index contributed by atoms with van der Waals surface area (Å²) in [5.41, 5.74) is 3.10. The van der Waals surface area contributed by atoms with Crippen LogP contribution in [0.3, 0.4) is 0 Å². The molecule has 0 spiro atoms. The van der Waals surface area contributed by atoms with Crippen LogP contribution < -0.4 is 4.74 Å². The summed E-state index contributed by atoms with van der Waals surface area (Å²) in [6.45, 7) is 3.87. The number of nitrogens with zero attached hydrogens (tertiary/aromatic N) is 1. The molecule has 0 atom stereocenters. The summed E-state index contributed by atoms with van der Waals surface area (Å²) in [7, 11) is 0. The van der Waals surface area contributed by atoms with Crippen LogP contribution >= 0.6 is 0 Å². The van der Waals surface area contributed by atoms with Gasteiger partial charge in [0.2, 0.25) is 0 Å². The van der Waals surface area contributed by atoms with Gasteiger partial charge in [0.1, 0.15) is 5.75 Å². The van der Waals surface area contributed by atoms with E-state index < -0.39 is 5.97 Å². The van der Waals surface area contributed by atoms with Crippen LogP contribution in [0.25, 0.3) is 0 Å². The second kappa shape index (κ2) is 5.36. The van der Waals surface area contributed by atoms with E-state index in [0.717, 1.165) is 11.1 Å². The summed E-state index contributed by atoms with van der Waals surface area (Å²) in [4.78, 5) is 12.0. The Hall–Kier alpha value is -2.60. The molecule has 2 rings (SSSR count). The quantitative estimate of drug-likeness (QED) is 0.607. The fraction of sp³-hybridized carbons (Fsp3) is 0.125. The first-order chi connectivity index (χ1) is 9.08. The van der Waals surface area contributed by atoms with E-state index in [1.165, 1.54) is 0 Å². The molecule has 0 unspecified atom stereocenters. The summed E-state index contributed by atoms with van der Waals surface area (Å²) in [5.74, 6) is 0.0414. The summed E-state index contributed by atoms with van der Waals surface area (Å²) in [6, 6.07) is 14.0. The molecule has 3 nitrogen and oxygen atoms in total. The van der Waals surface area contributed by atoms with E-state index in [2.05, 4.69) is 0 Å². The fourth-order valence-corrected chi connectivity index (χ4v) is 1.86. The molecule has 0 aliphatic heterocycles. The Balaban J connectivity index is 2.18. The van der Waals surface area contributed by atoms with E-state index in [9.17, 15) is 4.79 Å². The van der Waals surface area contributed by atoms with E-state index in [1.54, 1.807) is 36.4 Å². The van der Waals surface area contributed by atoms with Crippen molar-refractivity contribution in [1.29, 1.82) is 5.26 Å². The minimum atomic E-state index is -0.392. The lowest BCUT2D eigenvalue weighted by Crippen LogP contribution is -2.09. The number of carbonyl (C=O) groups excluding carboxylic acids is 1. The van der Waals surface area contributed by atoms with Crippen LogP contribution in [0.4, 0.5) is 0 Å². The number of hydrogen-bond acceptors (Lipinski definition) is 3. The van der Waals surface area contributed by atoms with Gasteiger partial charge in [0.25, 0.3) is 0 Å². The second-order valence-electron chi connectivity index (χ2n) is 4.40. The lowest BCUT2D eigenvalue weighted by atomic mass is 10.1. The molecular weight excluding hydrogens is 238 g/mol. The maximum Gasteiger partial charge on any atom is 0.343 e. The minimum Gasteiger partial charge on any atom is -0.423 e. The molecular formula is C16H13NO2. The molecule has 19 heavy (non-hydrogen) atoms. The molecule has 0 aliphatic rings. The molecule has 0 N–H and O–H groups in total. The number of hydrogen-bond donors (Lipinski definition) is 0. The van der Waals surface area contributed by atoms with Crippen molar-refractivity contribution in [3.8, 4) is 11.8 Å². The lowest BCUT2D eigenvalue weighted by Gasteiger charge is -2.06. The van der Waals surface area contributed by atoms with Gasteiger partial charge in [0.05, 0.1) is 17.2 Å². The number of ether oxygens (including phenoxy) is 1. The van der Waals surface area contributed by atoms with E-state index in [1.807, 2.05) is 26.0 Å². The van der Waals surface area contributed by atoms with Crippen LogP contribution in [0.2, 0.25) is 0 Å². The molecule has 0 saturated carbocycles. The molecule has 0 amide bonds. The predicted octanol–water partition coefficient (Wildman–Crippen LogP) is 3.39. The van der Waals surface area contributed by atoms with Gasteiger partial charge in [-0.15, -0.1) is 0 Å². The van der Waals surface area contributed by atoms with Crippen molar-refractivity contribution in [2.75, 3.05) is 0 Å². The average molecular weight is 251 g/mol. The number of benzene rings is 2. The summed E-state index contributed by atoms with van der Waals surface area (Å²) < 4.78 is 5.26. The van der Waals surface area contributed by atoms with E-state index >= 15 is 0 Å². The van der Waals surface area contributed by atoms with E-state index in [0.29, 0.717) is 16.9 Å². The van der Waals surface area contributed by atoms with Crippen molar-refractivity contribution < 1.29 is 9.53 Å². The summed E-state index contributed by atoms with van der Waals surface area (Å²) in [6.07, 6.45) is 0. The van der Waals surface area contributed by atoms with Crippen molar-refractivity contribution in [2.45, 2.75) is 13.8 Å². The van der Waals surface area contributed by atoms with Crippen LogP contribution in [0.5, 0.6) is 5.75 Å². The van der Waals surface area contributed by atoms with Gasteiger partial charge < -0.3 is 4.74 Å². The van der Waals surface area contributed by atoms with Gasteiger partial charge in [-0.25, -0.2) is 4.79 Å². The van der Waals surface area contributed by atoms with Crippen LogP contribution in [-0.4, -0.2) is 5.97 Å².